The Morgan fingerprint density at radius 1 is 1.04 bits per heavy atom. The maximum absolute atomic E-state index is 13.0. The van der Waals surface area contributed by atoms with Crippen molar-refractivity contribution >= 4 is 21.6 Å². The molecule has 2 aromatic carbocycles. The molecule has 0 bridgehead atoms. The number of pyridine rings is 1. The van der Waals surface area contributed by atoms with Gasteiger partial charge in [-0.25, -0.2) is 8.42 Å². The number of carbonyl (C=O) groups excluding carboxylic acids is 1. The number of benzene rings is 2. The van der Waals surface area contributed by atoms with Gasteiger partial charge in [-0.3, -0.25) is 14.1 Å². The maximum atomic E-state index is 13.0. The van der Waals surface area contributed by atoms with Gasteiger partial charge in [0.05, 0.1) is 10.6 Å². The number of hydrogen-bond acceptors (Lipinski definition) is 4. The Kier molecular flexibility index (Phi) is 4.83. The molecule has 3 aromatic rings. The number of rotatable bonds is 5. The summed E-state index contributed by atoms with van der Waals surface area (Å²) in [6.07, 6.45) is 4.05. The summed E-state index contributed by atoms with van der Waals surface area (Å²) in [6.45, 7) is 0.784. The van der Waals surface area contributed by atoms with Crippen LogP contribution in [-0.2, 0) is 23.0 Å². The molecular formula is C21H19N3O3S. The third-order valence-corrected chi connectivity index (χ3v) is 6.55. The zero-order valence-corrected chi connectivity index (χ0v) is 15.9. The highest BCUT2D eigenvalue weighted by atomic mass is 32.2. The van der Waals surface area contributed by atoms with E-state index in [0.29, 0.717) is 25.1 Å². The predicted molar refractivity (Wildman–Crippen MR) is 107 cm³/mol. The molecule has 2 heterocycles. The number of nitrogens with one attached hydrogen (secondary N) is 1. The van der Waals surface area contributed by atoms with Crippen molar-refractivity contribution in [2.24, 2.45) is 0 Å². The summed E-state index contributed by atoms with van der Waals surface area (Å²) < 4.78 is 27.4. The van der Waals surface area contributed by atoms with Gasteiger partial charge in [0.15, 0.2) is 0 Å². The third kappa shape index (κ3) is 3.48. The van der Waals surface area contributed by atoms with E-state index in [-0.39, 0.29) is 10.8 Å². The van der Waals surface area contributed by atoms with Gasteiger partial charge in [0.25, 0.3) is 15.9 Å². The third-order valence-electron chi connectivity index (χ3n) is 4.72. The van der Waals surface area contributed by atoms with Crippen molar-refractivity contribution in [2.45, 2.75) is 17.9 Å². The van der Waals surface area contributed by atoms with Gasteiger partial charge in [-0.2, -0.15) is 0 Å². The van der Waals surface area contributed by atoms with Crippen LogP contribution in [0.2, 0.25) is 0 Å². The van der Waals surface area contributed by atoms with Crippen LogP contribution in [0.4, 0.5) is 5.69 Å². The van der Waals surface area contributed by atoms with Crippen LogP contribution in [0.1, 0.15) is 21.5 Å². The minimum Gasteiger partial charge on any atom is -0.348 e. The fourth-order valence-electron chi connectivity index (χ4n) is 3.25. The minimum absolute atomic E-state index is 0.174. The molecule has 1 amide bonds. The first-order valence-electron chi connectivity index (χ1n) is 8.93. The van der Waals surface area contributed by atoms with Gasteiger partial charge in [-0.1, -0.05) is 24.3 Å². The van der Waals surface area contributed by atoms with Gasteiger partial charge in [0.2, 0.25) is 0 Å². The Bertz CT molecular complexity index is 1100. The molecule has 0 radical (unpaired) electrons. The molecule has 0 atom stereocenters. The summed E-state index contributed by atoms with van der Waals surface area (Å²) in [4.78, 5) is 16.5. The molecule has 0 saturated carbocycles. The SMILES string of the molecule is O=C(NCc1cccnc1)c1ccc(S(=O)(=O)N2CCc3ccccc32)cc1. The van der Waals surface area contributed by atoms with Crippen molar-refractivity contribution in [1.82, 2.24) is 10.3 Å². The molecule has 0 saturated heterocycles. The number of para-hydroxylation sites is 1. The van der Waals surface area contributed by atoms with Crippen molar-refractivity contribution in [3.8, 4) is 0 Å². The molecule has 0 spiro atoms. The number of fused-ring (bicyclic) bond motifs is 1. The molecular weight excluding hydrogens is 374 g/mol. The predicted octanol–water partition coefficient (Wildman–Crippen LogP) is 2.76. The largest absolute Gasteiger partial charge is 0.348 e. The fraction of sp³-hybridized carbons (Fsp3) is 0.143. The average molecular weight is 393 g/mol. The lowest BCUT2D eigenvalue weighted by Gasteiger charge is -2.19. The van der Waals surface area contributed by atoms with Gasteiger partial charge >= 0.3 is 0 Å². The van der Waals surface area contributed by atoms with Crippen LogP contribution in [0.15, 0.2) is 78.0 Å². The quantitative estimate of drug-likeness (QED) is 0.723. The highest BCUT2D eigenvalue weighted by molar-refractivity contribution is 7.92. The lowest BCUT2D eigenvalue weighted by atomic mass is 10.2. The first-order valence-corrected chi connectivity index (χ1v) is 10.4. The fourth-order valence-corrected chi connectivity index (χ4v) is 4.75. The monoisotopic (exact) mass is 393 g/mol. The van der Waals surface area contributed by atoms with Crippen LogP contribution in [0.25, 0.3) is 0 Å². The van der Waals surface area contributed by atoms with Gasteiger partial charge in [-0.05, 0) is 53.9 Å². The summed E-state index contributed by atoms with van der Waals surface area (Å²) in [6, 6.07) is 17.2. The topological polar surface area (TPSA) is 79.4 Å². The van der Waals surface area contributed by atoms with E-state index >= 15 is 0 Å². The van der Waals surface area contributed by atoms with Crippen molar-refractivity contribution in [3.05, 3.63) is 89.7 Å². The maximum Gasteiger partial charge on any atom is 0.264 e. The Labute approximate surface area is 163 Å². The first-order chi connectivity index (χ1) is 13.6. The van der Waals surface area contributed by atoms with Crippen molar-refractivity contribution in [3.63, 3.8) is 0 Å². The van der Waals surface area contributed by atoms with E-state index in [1.54, 1.807) is 18.5 Å². The van der Waals surface area contributed by atoms with Crippen LogP contribution >= 0.6 is 0 Å². The van der Waals surface area contributed by atoms with Gasteiger partial charge in [-0.15, -0.1) is 0 Å². The van der Waals surface area contributed by atoms with E-state index < -0.39 is 10.0 Å². The molecule has 0 fully saturated rings. The van der Waals surface area contributed by atoms with Crippen LogP contribution in [0.5, 0.6) is 0 Å². The Morgan fingerprint density at radius 2 is 1.82 bits per heavy atom. The molecule has 1 aromatic heterocycles. The number of carbonyl (C=O) groups is 1. The zero-order valence-electron chi connectivity index (χ0n) is 15.1. The number of nitrogens with zero attached hydrogens (tertiary/aromatic N) is 2. The second-order valence-corrected chi connectivity index (χ2v) is 8.39. The van der Waals surface area contributed by atoms with E-state index in [0.717, 1.165) is 16.8 Å². The molecule has 7 heteroatoms. The molecule has 1 aliphatic rings. The Balaban J connectivity index is 1.49. The summed E-state index contributed by atoms with van der Waals surface area (Å²) in [7, 11) is -3.66. The van der Waals surface area contributed by atoms with E-state index in [9.17, 15) is 13.2 Å². The van der Waals surface area contributed by atoms with Crippen LogP contribution in [0.3, 0.4) is 0 Å². The first kappa shape index (κ1) is 18.2. The highest BCUT2D eigenvalue weighted by Crippen LogP contribution is 2.32. The van der Waals surface area contributed by atoms with E-state index in [4.69, 9.17) is 0 Å². The molecule has 0 aliphatic carbocycles. The Hall–Kier alpha value is -3.19. The number of hydrogen-bond donors (Lipinski definition) is 1. The smallest absolute Gasteiger partial charge is 0.264 e. The molecule has 1 aliphatic heterocycles. The van der Waals surface area contributed by atoms with E-state index in [1.807, 2.05) is 30.3 Å². The van der Waals surface area contributed by atoms with Crippen LogP contribution in [-0.4, -0.2) is 25.9 Å². The van der Waals surface area contributed by atoms with Crippen LogP contribution < -0.4 is 9.62 Å². The standard InChI is InChI=1S/C21H19N3O3S/c25-21(23-15-16-4-3-12-22-14-16)18-7-9-19(10-8-18)28(26,27)24-13-11-17-5-1-2-6-20(17)24/h1-10,12,14H,11,13,15H2,(H,23,25). The van der Waals surface area contributed by atoms with Crippen molar-refractivity contribution in [2.75, 3.05) is 10.8 Å². The van der Waals surface area contributed by atoms with Crippen molar-refractivity contribution in [1.29, 1.82) is 0 Å². The molecule has 6 nitrogen and oxygen atoms in total. The molecule has 142 valence electrons. The molecule has 1 N–H and O–H groups in total. The van der Waals surface area contributed by atoms with E-state index in [2.05, 4.69) is 10.3 Å². The lowest BCUT2D eigenvalue weighted by molar-refractivity contribution is 0.0951. The minimum atomic E-state index is -3.66. The number of aromatic nitrogens is 1. The zero-order chi connectivity index (χ0) is 19.6. The molecule has 4 rings (SSSR count). The lowest BCUT2D eigenvalue weighted by Crippen LogP contribution is -2.29. The average Bonchev–Trinajstić information content (AvgIpc) is 3.18. The van der Waals surface area contributed by atoms with Gasteiger partial charge in [0.1, 0.15) is 0 Å². The van der Waals surface area contributed by atoms with E-state index in [1.165, 1.54) is 28.6 Å². The van der Waals surface area contributed by atoms with Crippen molar-refractivity contribution < 1.29 is 13.2 Å². The normalized spacial score (nSPS) is 13.2. The van der Waals surface area contributed by atoms with Gasteiger partial charge in [0, 0.05) is 31.0 Å². The highest BCUT2D eigenvalue weighted by Gasteiger charge is 2.30. The Morgan fingerprint density at radius 3 is 2.57 bits per heavy atom. The summed E-state index contributed by atoms with van der Waals surface area (Å²) in [5.41, 5.74) is 3.05. The summed E-state index contributed by atoms with van der Waals surface area (Å²) >= 11 is 0. The van der Waals surface area contributed by atoms with Crippen LogP contribution in [0, 0.1) is 0 Å². The summed E-state index contributed by atoms with van der Waals surface area (Å²) in [5.74, 6) is -0.265. The molecule has 28 heavy (non-hydrogen) atoms. The molecule has 0 unspecified atom stereocenters. The second kappa shape index (κ2) is 7.44. The number of sulfonamides is 1. The second-order valence-electron chi connectivity index (χ2n) is 6.52. The summed E-state index contributed by atoms with van der Waals surface area (Å²) in [5, 5.41) is 2.80. The van der Waals surface area contributed by atoms with Gasteiger partial charge < -0.3 is 5.32 Å². The number of anilines is 1. The number of amides is 1.